The molecule has 1 N–H and O–H groups in total. The van der Waals surface area contributed by atoms with Crippen molar-refractivity contribution in [3.05, 3.63) is 36.3 Å². The van der Waals surface area contributed by atoms with Gasteiger partial charge in [0.15, 0.2) is 0 Å². The molecule has 0 spiro atoms. The Morgan fingerprint density at radius 1 is 1.45 bits per heavy atom. The molecule has 0 radical (unpaired) electrons. The number of imidazole rings is 1. The molecule has 0 fully saturated rings. The maximum atomic E-state index is 11.6. The molecule has 2 aromatic rings. The summed E-state index contributed by atoms with van der Waals surface area (Å²) in [4.78, 5) is 16.0. The summed E-state index contributed by atoms with van der Waals surface area (Å²) in [5.41, 5.74) is 2.99. The van der Waals surface area contributed by atoms with Crippen LogP contribution in [0.2, 0.25) is 0 Å². The zero-order chi connectivity index (χ0) is 13.9. The number of alkyl halides is 1. The summed E-state index contributed by atoms with van der Waals surface area (Å²) in [5.74, 6) is 1.43. The first kappa shape index (κ1) is 13.2. The molecule has 1 aromatic carbocycles. The molecule has 5 heteroatoms. The van der Waals surface area contributed by atoms with Crippen LogP contribution in [0, 0.1) is 0 Å². The standard InChI is InChI=1S/C15H16ClN3O/c16-7-6-15(20)18-12-4-1-3-11(9-12)13-10-17-14-5-2-8-19(13)14/h1,3-4,9-10H,2,5-8H2,(H,18,20). The Labute approximate surface area is 122 Å². The van der Waals surface area contributed by atoms with E-state index in [0.717, 1.165) is 42.2 Å². The van der Waals surface area contributed by atoms with Crippen molar-refractivity contribution in [3.8, 4) is 11.3 Å². The van der Waals surface area contributed by atoms with Crippen molar-refractivity contribution in [2.24, 2.45) is 0 Å². The first-order chi connectivity index (χ1) is 9.78. The summed E-state index contributed by atoms with van der Waals surface area (Å²) >= 11 is 5.57. The fraction of sp³-hybridized carbons (Fsp3) is 0.333. The second-order valence-electron chi connectivity index (χ2n) is 4.88. The lowest BCUT2D eigenvalue weighted by atomic mass is 10.1. The summed E-state index contributed by atoms with van der Waals surface area (Å²) in [7, 11) is 0. The van der Waals surface area contributed by atoms with Gasteiger partial charge >= 0.3 is 0 Å². The van der Waals surface area contributed by atoms with Crippen LogP contribution in [0.1, 0.15) is 18.7 Å². The van der Waals surface area contributed by atoms with Crippen LogP contribution >= 0.6 is 11.6 Å². The topological polar surface area (TPSA) is 46.9 Å². The summed E-state index contributed by atoms with van der Waals surface area (Å²) in [6.07, 6.45) is 4.44. The van der Waals surface area contributed by atoms with Gasteiger partial charge in [-0.3, -0.25) is 4.79 Å². The number of hydrogen-bond donors (Lipinski definition) is 1. The van der Waals surface area contributed by atoms with Gasteiger partial charge < -0.3 is 9.88 Å². The monoisotopic (exact) mass is 289 g/mol. The van der Waals surface area contributed by atoms with E-state index < -0.39 is 0 Å². The molecule has 1 aliphatic rings. The number of carbonyl (C=O) groups is 1. The molecule has 0 unspecified atom stereocenters. The van der Waals surface area contributed by atoms with Crippen molar-refractivity contribution >= 4 is 23.2 Å². The van der Waals surface area contributed by atoms with Gasteiger partial charge in [-0.2, -0.15) is 0 Å². The van der Waals surface area contributed by atoms with Crippen LogP contribution in [-0.2, 0) is 17.8 Å². The maximum Gasteiger partial charge on any atom is 0.225 e. The van der Waals surface area contributed by atoms with E-state index in [-0.39, 0.29) is 5.91 Å². The number of rotatable bonds is 4. The predicted molar refractivity (Wildman–Crippen MR) is 80.0 cm³/mol. The van der Waals surface area contributed by atoms with Crippen LogP contribution in [0.15, 0.2) is 30.5 Å². The van der Waals surface area contributed by atoms with Gasteiger partial charge in [-0.1, -0.05) is 12.1 Å². The maximum absolute atomic E-state index is 11.6. The van der Waals surface area contributed by atoms with Crippen molar-refractivity contribution < 1.29 is 4.79 Å². The Morgan fingerprint density at radius 2 is 2.35 bits per heavy atom. The summed E-state index contributed by atoms with van der Waals surface area (Å²) in [5, 5.41) is 2.86. The number of carbonyl (C=O) groups excluding carboxylic acids is 1. The quantitative estimate of drug-likeness (QED) is 0.879. The molecular formula is C15H16ClN3O. The van der Waals surface area contributed by atoms with Gasteiger partial charge in [0.1, 0.15) is 5.82 Å². The number of halogens is 1. The molecule has 1 aromatic heterocycles. The number of nitrogens with one attached hydrogen (secondary N) is 1. The van der Waals surface area contributed by atoms with Gasteiger partial charge in [-0.15, -0.1) is 11.6 Å². The van der Waals surface area contributed by atoms with Crippen LogP contribution in [0.3, 0.4) is 0 Å². The highest BCUT2D eigenvalue weighted by Gasteiger charge is 2.16. The minimum Gasteiger partial charge on any atom is -0.328 e. The Balaban J connectivity index is 1.85. The number of aromatic nitrogens is 2. The normalized spacial score (nSPS) is 13.2. The zero-order valence-corrected chi connectivity index (χ0v) is 11.9. The van der Waals surface area contributed by atoms with E-state index >= 15 is 0 Å². The summed E-state index contributed by atoms with van der Waals surface area (Å²) < 4.78 is 2.25. The third kappa shape index (κ3) is 2.56. The van der Waals surface area contributed by atoms with Crippen molar-refractivity contribution in [1.29, 1.82) is 0 Å². The number of benzene rings is 1. The first-order valence-electron chi connectivity index (χ1n) is 6.78. The molecule has 1 amide bonds. The van der Waals surface area contributed by atoms with Crippen LogP contribution < -0.4 is 5.32 Å². The van der Waals surface area contributed by atoms with Crippen molar-refractivity contribution in [1.82, 2.24) is 9.55 Å². The van der Waals surface area contributed by atoms with Gasteiger partial charge in [0.25, 0.3) is 0 Å². The van der Waals surface area contributed by atoms with Gasteiger partial charge in [-0.05, 0) is 18.6 Å². The van der Waals surface area contributed by atoms with E-state index in [9.17, 15) is 4.79 Å². The lowest BCUT2D eigenvalue weighted by Gasteiger charge is -2.08. The van der Waals surface area contributed by atoms with Gasteiger partial charge in [0.2, 0.25) is 5.91 Å². The van der Waals surface area contributed by atoms with E-state index in [4.69, 9.17) is 11.6 Å². The number of hydrogen-bond acceptors (Lipinski definition) is 2. The molecule has 20 heavy (non-hydrogen) atoms. The SMILES string of the molecule is O=C(CCCl)Nc1cccc(-c2cnc3n2CCC3)c1. The second-order valence-corrected chi connectivity index (χ2v) is 5.26. The molecule has 0 atom stereocenters. The molecule has 104 valence electrons. The highest BCUT2D eigenvalue weighted by Crippen LogP contribution is 2.27. The van der Waals surface area contributed by atoms with Crippen LogP contribution in [0.4, 0.5) is 5.69 Å². The predicted octanol–water partition coefficient (Wildman–Crippen LogP) is 3.06. The molecule has 0 bridgehead atoms. The van der Waals surface area contributed by atoms with Crippen molar-refractivity contribution in [3.63, 3.8) is 0 Å². The Bertz CT molecular complexity index is 636. The lowest BCUT2D eigenvalue weighted by molar-refractivity contribution is -0.115. The number of fused-ring (bicyclic) bond motifs is 1. The minimum atomic E-state index is -0.0596. The molecule has 0 saturated carbocycles. The highest BCUT2D eigenvalue weighted by atomic mass is 35.5. The number of amides is 1. The Hall–Kier alpha value is -1.81. The second kappa shape index (κ2) is 5.67. The zero-order valence-electron chi connectivity index (χ0n) is 11.1. The number of nitrogens with zero attached hydrogens (tertiary/aromatic N) is 2. The minimum absolute atomic E-state index is 0.0596. The highest BCUT2D eigenvalue weighted by molar-refractivity contribution is 6.19. The Morgan fingerprint density at radius 3 is 3.20 bits per heavy atom. The molecule has 0 aliphatic carbocycles. The largest absolute Gasteiger partial charge is 0.328 e. The smallest absolute Gasteiger partial charge is 0.225 e. The lowest BCUT2D eigenvalue weighted by Crippen LogP contribution is -2.11. The third-order valence-electron chi connectivity index (χ3n) is 3.48. The van der Waals surface area contributed by atoms with Crippen LogP contribution in [-0.4, -0.2) is 21.3 Å². The van der Waals surface area contributed by atoms with Crippen molar-refractivity contribution in [2.75, 3.05) is 11.2 Å². The van der Waals surface area contributed by atoms with E-state index in [1.807, 2.05) is 30.5 Å². The van der Waals surface area contributed by atoms with E-state index in [0.29, 0.717) is 12.3 Å². The molecule has 3 rings (SSSR count). The molecule has 1 aliphatic heterocycles. The average Bonchev–Trinajstić information content (AvgIpc) is 3.01. The molecular weight excluding hydrogens is 274 g/mol. The van der Waals surface area contributed by atoms with E-state index in [1.54, 1.807) is 0 Å². The molecule has 2 heterocycles. The van der Waals surface area contributed by atoms with Crippen molar-refractivity contribution in [2.45, 2.75) is 25.8 Å². The van der Waals surface area contributed by atoms with E-state index in [1.165, 1.54) is 0 Å². The number of anilines is 1. The first-order valence-corrected chi connectivity index (χ1v) is 7.32. The fourth-order valence-electron chi connectivity index (χ4n) is 2.55. The average molecular weight is 290 g/mol. The molecule has 0 saturated heterocycles. The van der Waals surface area contributed by atoms with Gasteiger partial charge in [-0.25, -0.2) is 4.98 Å². The number of aryl methyl sites for hydroxylation is 1. The fourth-order valence-corrected chi connectivity index (χ4v) is 2.73. The van der Waals surface area contributed by atoms with Gasteiger partial charge in [0.05, 0.1) is 11.9 Å². The van der Waals surface area contributed by atoms with E-state index in [2.05, 4.69) is 14.9 Å². The van der Waals surface area contributed by atoms with Crippen LogP contribution in [0.25, 0.3) is 11.3 Å². The third-order valence-corrected chi connectivity index (χ3v) is 3.67. The molecule has 4 nitrogen and oxygen atoms in total. The summed E-state index contributed by atoms with van der Waals surface area (Å²) in [6, 6.07) is 7.85. The Kier molecular flexibility index (Phi) is 3.74. The summed E-state index contributed by atoms with van der Waals surface area (Å²) in [6.45, 7) is 1.02. The van der Waals surface area contributed by atoms with Gasteiger partial charge in [0, 0.05) is 36.5 Å². The van der Waals surface area contributed by atoms with Crippen LogP contribution in [0.5, 0.6) is 0 Å².